The molecule has 0 atom stereocenters. The topological polar surface area (TPSA) is 58.9 Å². The summed E-state index contributed by atoms with van der Waals surface area (Å²) in [7, 11) is -1.02. The lowest BCUT2D eigenvalue weighted by atomic mass is 10.0. The van der Waals surface area contributed by atoms with Gasteiger partial charge in [-0.25, -0.2) is 0 Å². The van der Waals surface area contributed by atoms with Crippen LogP contribution in [0.5, 0.6) is 11.5 Å². The van der Waals surface area contributed by atoms with Gasteiger partial charge < -0.3 is 9.47 Å². The van der Waals surface area contributed by atoms with Crippen LogP contribution in [0.1, 0.15) is 18.9 Å². The number of hydrogen-bond donors (Lipinski definition) is 2. The zero-order valence-electron chi connectivity index (χ0n) is 19.7. The van der Waals surface area contributed by atoms with E-state index in [2.05, 4.69) is 49.4 Å². The van der Waals surface area contributed by atoms with E-state index < -0.39 is 10.6 Å². The molecule has 4 aromatic rings. The maximum Gasteiger partial charge on any atom is 0.127 e. The highest BCUT2D eigenvalue weighted by Crippen LogP contribution is 2.48. The average Bonchev–Trinajstić information content (AvgIpc) is 3.33. The minimum Gasteiger partial charge on any atom is -0.497 e. The number of allylic oxidation sites excluding steroid dienone is 3. The second kappa shape index (κ2) is 10.3. The molecule has 2 N–H and O–H groups in total. The quantitative estimate of drug-likeness (QED) is 0.306. The summed E-state index contributed by atoms with van der Waals surface area (Å²) in [6.07, 6.45) is 6.46. The van der Waals surface area contributed by atoms with Crippen molar-refractivity contribution in [1.82, 2.24) is 0 Å². The molecule has 5 rings (SSSR count). The van der Waals surface area contributed by atoms with Gasteiger partial charge in [0, 0.05) is 17.6 Å². The Bertz CT molecular complexity index is 1360. The summed E-state index contributed by atoms with van der Waals surface area (Å²) in [5, 5.41) is 4.87. The molecule has 34 heavy (non-hydrogen) atoms. The molecule has 1 aliphatic rings. The highest BCUT2D eigenvalue weighted by atomic mass is 32.3. The van der Waals surface area contributed by atoms with Crippen LogP contribution in [0.15, 0.2) is 102 Å². The van der Waals surface area contributed by atoms with Crippen LogP contribution in [0, 0.1) is 0 Å². The fourth-order valence-electron chi connectivity index (χ4n) is 3.96. The van der Waals surface area contributed by atoms with E-state index in [4.69, 9.17) is 9.47 Å². The van der Waals surface area contributed by atoms with Crippen LogP contribution in [0.2, 0.25) is 0 Å². The molecule has 0 spiro atoms. The lowest BCUT2D eigenvalue weighted by Gasteiger charge is -2.28. The predicted octanol–water partition coefficient (Wildman–Crippen LogP) is 8.18. The van der Waals surface area contributed by atoms with E-state index in [0.29, 0.717) is 22.8 Å². The van der Waals surface area contributed by atoms with E-state index in [-0.39, 0.29) is 0 Å². The summed E-state index contributed by atoms with van der Waals surface area (Å²) < 4.78 is 30.4. The molecule has 4 nitrogen and oxygen atoms in total. The molecule has 0 aliphatic heterocycles. The Morgan fingerprint density at radius 3 is 2.21 bits per heavy atom. The Balaban J connectivity index is 0.000000192. The van der Waals surface area contributed by atoms with Crippen molar-refractivity contribution in [3.05, 3.63) is 107 Å². The molecule has 0 heterocycles. The van der Waals surface area contributed by atoms with Gasteiger partial charge in [0.2, 0.25) is 0 Å². The number of rotatable bonds is 5. The third kappa shape index (κ3) is 5.62. The molecule has 0 saturated heterocycles. The van der Waals surface area contributed by atoms with Crippen LogP contribution in [-0.2, 0) is 6.42 Å². The molecular weight excluding hydrogens is 444 g/mol. The van der Waals surface area contributed by atoms with Gasteiger partial charge in [0.25, 0.3) is 0 Å². The van der Waals surface area contributed by atoms with E-state index in [0.717, 1.165) is 22.9 Å². The number of methoxy groups -OCH3 is 1. The molecule has 0 fully saturated rings. The molecule has 0 bridgehead atoms. The summed E-state index contributed by atoms with van der Waals surface area (Å²) in [5.41, 5.74) is 1.44. The Kier molecular flexibility index (Phi) is 7.27. The van der Waals surface area contributed by atoms with Gasteiger partial charge in [-0.3, -0.25) is 9.11 Å². The molecule has 0 aromatic heterocycles. The fourth-order valence-corrected chi connectivity index (χ4v) is 4.70. The van der Waals surface area contributed by atoms with Crippen molar-refractivity contribution >= 4 is 32.1 Å². The summed E-state index contributed by atoms with van der Waals surface area (Å²) in [4.78, 5) is 0.602. The monoisotopic (exact) mass is 474 g/mol. The fraction of sp³-hybridized carbons (Fsp3) is 0.172. The van der Waals surface area contributed by atoms with Crippen LogP contribution in [0.4, 0.5) is 0 Å². The third-order valence-corrected chi connectivity index (χ3v) is 7.10. The van der Waals surface area contributed by atoms with Crippen LogP contribution >= 0.6 is 10.6 Å². The zero-order chi connectivity index (χ0) is 24.1. The van der Waals surface area contributed by atoms with Crippen molar-refractivity contribution in [3.63, 3.8) is 0 Å². The van der Waals surface area contributed by atoms with Crippen LogP contribution in [0.3, 0.4) is 0 Å². The first-order chi connectivity index (χ1) is 16.4. The van der Waals surface area contributed by atoms with E-state index in [1.165, 1.54) is 22.6 Å². The van der Waals surface area contributed by atoms with Gasteiger partial charge in [0.05, 0.1) is 7.11 Å². The van der Waals surface area contributed by atoms with Crippen molar-refractivity contribution in [1.29, 1.82) is 0 Å². The van der Waals surface area contributed by atoms with E-state index in [9.17, 15) is 9.11 Å². The van der Waals surface area contributed by atoms with Gasteiger partial charge >= 0.3 is 0 Å². The molecule has 4 aromatic carbocycles. The van der Waals surface area contributed by atoms with Crippen LogP contribution < -0.4 is 9.47 Å². The lowest BCUT2D eigenvalue weighted by molar-refractivity contribution is 0.414. The summed E-state index contributed by atoms with van der Waals surface area (Å²) in [6.45, 7) is 2.20. The molecule has 176 valence electrons. The van der Waals surface area contributed by atoms with Crippen molar-refractivity contribution in [2.75, 3.05) is 13.4 Å². The first-order valence-electron chi connectivity index (χ1n) is 11.2. The Morgan fingerprint density at radius 2 is 1.50 bits per heavy atom. The SMILES string of the molecule is CCc1cccc2ccccc12.COc1ccc2ccc(OC3=CC=C(S(C)(O)O)C3)cc2c1. The minimum absolute atomic E-state index is 0.426. The first-order valence-corrected chi connectivity index (χ1v) is 13.2. The Labute approximate surface area is 202 Å². The number of aryl methyl sites for hydroxylation is 1. The van der Waals surface area contributed by atoms with Crippen molar-refractivity contribution in [2.45, 2.75) is 19.8 Å². The third-order valence-electron chi connectivity index (χ3n) is 5.83. The van der Waals surface area contributed by atoms with Crippen LogP contribution in [-0.4, -0.2) is 22.5 Å². The second-order valence-corrected chi connectivity index (χ2v) is 10.4. The maximum atomic E-state index is 9.67. The molecule has 0 unspecified atom stereocenters. The minimum atomic E-state index is -2.66. The Morgan fingerprint density at radius 1 is 0.794 bits per heavy atom. The van der Waals surface area contributed by atoms with Gasteiger partial charge in [-0.1, -0.05) is 61.5 Å². The molecule has 0 amide bonds. The number of benzene rings is 4. The van der Waals surface area contributed by atoms with Crippen molar-refractivity contribution in [3.8, 4) is 11.5 Å². The van der Waals surface area contributed by atoms with Gasteiger partial charge in [0.15, 0.2) is 0 Å². The highest BCUT2D eigenvalue weighted by Gasteiger charge is 2.19. The number of ether oxygens (including phenoxy) is 2. The largest absolute Gasteiger partial charge is 0.497 e. The van der Waals surface area contributed by atoms with Gasteiger partial charge in [-0.2, -0.15) is 10.6 Å². The molecule has 0 saturated carbocycles. The van der Waals surface area contributed by atoms with Crippen molar-refractivity contribution in [2.24, 2.45) is 0 Å². The smallest absolute Gasteiger partial charge is 0.127 e. The normalized spacial score (nSPS) is 13.7. The van der Waals surface area contributed by atoms with E-state index in [1.54, 1.807) is 19.3 Å². The highest BCUT2D eigenvalue weighted by molar-refractivity contribution is 8.27. The summed E-state index contributed by atoms with van der Waals surface area (Å²) in [6, 6.07) is 26.7. The molecule has 5 heteroatoms. The van der Waals surface area contributed by atoms with E-state index in [1.807, 2.05) is 36.4 Å². The summed E-state index contributed by atoms with van der Waals surface area (Å²) in [5.74, 6) is 2.22. The number of fused-ring (bicyclic) bond motifs is 2. The van der Waals surface area contributed by atoms with Gasteiger partial charge in [-0.05, 0) is 69.9 Å². The predicted molar refractivity (Wildman–Crippen MR) is 144 cm³/mol. The second-order valence-electron chi connectivity index (χ2n) is 8.25. The standard InChI is InChI=1S/C17H18O4S.C12H12/c1-20-14-5-3-12-4-6-15(10-13(12)9-14)21-16-7-8-17(11-16)22(2,18)19;1-2-10-7-5-8-11-6-3-4-9-12(10)11/h3-10,18-19H,11H2,1-2H3;3-9H,2H2,1H3. The number of hydrogen-bond acceptors (Lipinski definition) is 4. The molecular formula is C29H30O4S. The summed E-state index contributed by atoms with van der Waals surface area (Å²) >= 11 is 0. The first kappa shape index (κ1) is 23.9. The van der Waals surface area contributed by atoms with E-state index >= 15 is 0 Å². The van der Waals surface area contributed by atoms with Gasteiger partial charge in [0.1, 0.15) is 17.3 Å². The maximum absolute atomic E-state index is 9.67. The average molecular weight is 475 g/mol. The Hall–Kier alpha value is -3.25. The van der Waals surface area contributed by atoms with Crippen molar-refractivity contribution < 1.29 is 18.6 Å². The zero-order valence-corrected chi connectivity index (χ0v) is 20.5. The lowest BCUT2D eigenvalue weighted by Crippen LogP contribution is -1.99. The van der Waals surface area contributed by atoms with Gasteiger partial charge in [-0.15, -0.1) is 0 Å². The van der Waals surface area contributed by atoms with Crippen LogP contribution in [0.25, 0.3) is 21.5 Å². The molecule has 1 aliphatic carbocycles. The molecule has 0 radical (unpaired) electrons.